The van der Waals surface area contributed by atoms with Crippen molar-refractivity contribution in [3.05, 3.63) is 29.5 Å². The van der Waals surface area contributed by atoms with Gasteiger partial charge in [0, 0.05) is 5.88 Å². The van der Waals surface area contributed by atoms with E-state index in [1.807, 2.05) is 11.4 Å². The lowest BCUT2D eigenvalue weighted by molar-refractivity contribution is 0.576. The van der Waals surface area contributed by atoms with E-state index in [9.17, 15) is 0 Å². The van der Waals surface area contributed by atoms with Gasteiger partial charge in [0.2, 0.25) is 5.89 Å². The topological polar surface area (TPSA) is 26.0 Å². The summed E-state index contributed by atoms with van der Waals surface area (Å²) in [6.07, 6.45) is 3.20. The van der Waals surface area contributed by atoms with Crippen molar-refractivity contribution >= 4 is 22.9 Å². The Kier molecular flexibility index (Phi) is 2.15. The fourth-order valence-corrected chi connectivity index (χ4v) is 2.00. The molecule has 2 heterocycles. The lowest BCUT2D eigenvalue weighted by atomic mass is 10.3. The Bertz CT molecular complexity index is 355. The molecule has 0 bridgehead atoms. The Hall–Kier alpha value is -0.800. The number of alkyl halides is 1. The summed E-state index contributed by atoms with van der Waals surface area (Å²) in [7, 11) is 0. The first-order valence-electron chi connectivity index (χ1n) is 3.43. The van der Waals surface area contributed by atoms with Gasteiger partial charge in [-0.15, -0.1) is 22.9 Å². The first-order valence-corrected chi connectivity index (χ1v) is 4.85. The number of rotatable bonds is 2. The zero-order chi connectivity index (χ0) is 8.39. The van der Waals surface area contributed by atoms with Crippen LogP contribution in [0.3, 0.4) is 0 Å². The van der Waals surface area contributed by atoms with Crippen LogP contribution in [0.1, 0.15) is 5.56 Å². The molecule has 0 aliphatic heterocycles. The van der Waals surface area contributed by atoms with Crippen molar-refractivity contribution in [3.63, 3.8) is 0 Å². The molecule has 0 atom stereocenters. The maximum absolute atomic E-state index is 5.66. The summed E-state index contributed by atoms with van der Waals surface area (Å²) in [4.78, 5) is 5.06. The second-order valence-corrected chi connectivity index (χ2v) is 3.47. The van der Waals surface area contributed by atoms with Crippen LogP contribution >= 0.6 is 22.9 Å². The van der Waals surface area contributed by atoms with Gasteiger partial charge >= 0.3 is 0 Å². The Morgan fingerprint density at radius 2 is 2.50 bits per heavy atom. The molecule has 62 valence electrons. The summed E-state index contributed by atoms with van der Waals surface area (Å²) in [5.74, 6) is 1.20. The third-order valence-electron chi connectivity index (χ3n) is 1.45. The van der Waals surface area contributed by atoms with Crippen molar-refractivity contribution < 1.29 is 4.42 Å². The van der Waals surface area contributed by atoms with Crippen LogP contribution in [0.2, 0.25) is 0 Å². The van der Waals surface area contributed by atoms with Gasteiger partial charge in [0.15, 0.2) is 0 Å². The fraction of sp³-hybridized carbons (Fsp3) is 0.125. The van der Waals surface area contributed by atoms with Gasteiger partial charge in [-0.3, -0.25) is 0 Å². The highest BCUT2D eigenvalue weighted by Gasteiger charge is 2.04. The molecule has 2 rings (SSSR count). The normalized spacial score (nSPS) is 10.4. The Morgan fingerprint density at radius 1 is 1.58 bits per heavy atom. The number of hydrogen-bond donors (Lipinski definition) is 0. The van der Waals surface area contributed by atoms with Crippen LogP contribution in [-0.2, 0) is 5.88 Å². The van der Waals surface area contributed by atoms with Gasteiger partial charge < -0.3 is 4.42 Å². The number of nitrogens with zero attached hydrogens (tertiary/aromatic N) is 1. The molecule has 2 aromatic rings. The van der Waals surface area contributed by atoms with E-state index >= 15 is 0 Å². The molecule has 0 saturated heterocycles. The van der Waals surface area contributed by atoms with Crippen molar-refractivity contribution in [1.29, 1.82) is 0 Å². The first-order chi connectivity index (χ1) is 5.90. The summed E-state index contributed by atoms with van der Waals surface area (Å²) in [6.45, 7) is 0. The van der Waals surface area contributed by atoms with Crippen LogP contribution in [0.4, 0.5) is 0 Å². The van der Waals surface area contributed by atoms with Crippen LogP contribution in [0.5, 0.6) is 0 Å². The fourth-order valence-electron chi connectivity index (χ4n) is 0.903. The van der Waals surface area contributed by atoms with Crippen LogP contribution in [0.25, 0.3) is 10.8 Å². The third kappa shape index (κ3) is 1.38. The Balaban J connectivity index is 2.35. The molecule has 0 spiro atoms. The molecule has 0 aliphatic rings. The monoisotopic (exact) mass is 199 g/mol. The molecule has 0 radical (unpaired) electrons. The van der Waals surface area contributed by atoms with Crippen molar-refractivity contribution in [3.8, 4) is 10.8 Å². The summed E-state index contributed by atoms with van der Waals surface area (Å²) in [5, 5.41) is 2.01. The highest BCUT2D eigenvalue weighted by Crippen LogP contribution is 2.26. The third-order valence-corrected chi connectivity index (χ3v) is 2.73. The minimum Gasteiger partial charge on any atom is -0.444 e. The molecule has 0 fully saturated rings. The average Bonchev–Trinajstić information content (AvgIpc) is 2.75. The molecular weight excluding hydrogens is 194 g/mol. The molecule has 4 heteroatoms. The van der Waals surface area contributed by atoms with E-state index in [0.717, 1.165) is 10.4 Å². The summed E-state index contributed by atoms with van der Waals surface area (Å²) < 4.78 is 5.13. The molecule has 0 saturated carbocycles. The predicted molar refractivity (Wildman–Crippen MR) is 49.4 cm³/mol. The smallest absolute Gasteiger partial charge is 0.236 e. The molecule has 0 unspecified atom stereocenters. The lowest BCUT2D eigenvalue weighted by Gasteiger charge is -1.84. The van der Waals surface area contributed by atoms with Crippen molar-refractivity contribution in [2.45, 2.75) is 5.88 Å². The molecule has 0 aliphatic carbocycles. The van der Waals surface area contributed by atoms with Crippen molar-refractivity contribution in [1.82, 2.24) is 4.98 Å². The zero-order valence-electron chi connectivity index (χ0n) is 6.16. The maximum Gasteiger partial charge on any atom is 0.236 e. The minimum atomic E-state index is 0.539. The Morgan fingerprint density at radius 3 is 3.08 bits per heavy atom. The van der Waals surface area contributed by atoms with E-state index in [-0.39, 0.29) is 0 Å². The average molecular weight is 200 g/mol. The van der Waals surface area contributed by atoms with E-state index in [4.69, 9.17) is 16.0 Å². The maximum atomic E-state index is 5.66. The second kappa shape index (κ2) is 3.29. The van der Waals surface area contributed by atoms with E-state index in [0.29, 0.717) is 11.8 Å². The van der Waals surface area contributed by atoms with Crippen LogP contribution in [0, 0.1) is 0 Å². The van der Waals surface area contributed by atoms with Gasteiger partial charge in [-0.25, -0.2) is 4.98 Å². The second-order valence-electron chi connectivity index (χ2n) is 2.29. The largest absolute Gasteiger partial charge is 0.444 e. The van der Waals surface area contributed by atoms with Gasteiger partial charge in [-0.1, -0.05) is 0 Å². The van der Waals surface area contributed by atoms with Gasteiger partial charge in [0.1, 0.15) is 6.26 Å². The highest BCUT2D eigenvalue weighted by molar-refractivity contribution is 7.13. The highest BCUT2D eigenvalue weighted by atomic mass is 35.5. The SMILES string of the molecule is ClCc1csc(-c2ncco2)c1. The number of hydrogen-bond acceptors (Lipinski definition) is 3. The number of thiophene rings is 1. The molecule has 0 N–H and O–H groups in total. The molecular formula is C8H6ClNOS. The van der Waals surface area contributed by atoms with Crippen molar-refractivity contribution in [2.75, 3.05) is 0 Å². The zero-order valence-corrected chi connectivity index (χ0v) is 7.73. The molecule has 2 aromatic heterocycles. The first kappa shape index (κ1) is 7.83. The number of halogens is 1. The summed E-state index contributed by atoms with van der Waals surface area (Å²) in [5.41, 5.74) is 1.11. The molecule has 2 nitrogen and oxygen atoms in total. The minimum absolute atomic E-state index is 0.539. The Labute approximate surface area is 78.8 Å². The van der Waals surface area contributed by atoms with E-state index < -0.39 is 0 Å². The van der Waals surface area contributed by atoms with Gasteiger partial charge in [-0.05, 0) is 17.0 Å². The van der Waals surface area contributed by atoms with Crippen LogP contribution < -0.4 is 0 Å². The standard InChI is InChI=1S/C8H6ClNOS/c9-4-6-3-7(12-5-6)8-10-1-2-11-8/h1-3,5H,4H2. The predicted octanol–water partition coefficient (Wildman–Crippen LogP) is 3.14. The van der Waals surface area contributed by atoms with Gasteiger partial charge in [0.05, 0.1) is 11.1 Å². The van der Waals surface area contributed by atoms with E-state index in [1.165, 1.54) is 0 Å². The lowest BCUT2D eigenvalue weighted by Crippen LogP contribution is -1.69. The van der Waals surface area contributed by atoms with Gasteiger partial charge in [-0.2, -0.15) is 0 Å². The molecule has 0 aromatic carbocycles. The quantitative estimate of drug-likeness (QED) is 0.695. The summed E-state index contributed by atoms with van der Waals surface area (Å²) in [6, 6.07) is 1.99. The van der Waals surface area contributed by atoms with Crippen LogP contribution in [0.15, 0.2) is 28.3 Å². The summed E-state index contributed by atoms with van der Waals surface area (Å²) >= 11 is 7.25. The van der Waals surface area contributed by atoms with E-state index in [2.05, 4.69) is 4.98 Å². The number of aromatic nitrogens is 1. The molecule has 0 amide bonds. The number of oxazole rings is 1. The molecule has 12 heavy (non-hydrogen) atoms. The van der Waals surface area contributed by atoms with Crippen LogP contribution in [-0.4, -0.2) is 4.98 Å². The van der Waals surface area contributed by atoms with Gasteiger partial charge in [0.25, 0.3) is 0 Å². The van der Waals surface area contributed by atoms with E-state index in [1.54, 1.807) is 23.8 Å². The van der Waals surface area contributed by atoms with Crippen molar-refractivity contribution in [2.24, 2.45) is 0 Å².